The molecule has 0 aromatic heterocycles. The first-order valence-corrected chi connectivity index (χ1v) is 7.63. The second kappa shape index (κ2) is 7.64. The zero-order chi connectivity index (χ0) is 16.0. The van der Waals surface area contributed by atoms with Gasteiger partial charge in [-0.05, 0) is 47.1 Å². The van der Waals surface area contributed by atoms with Gasteiger partial charge in [0.15, 0.2) is 0 Å². The molecule has 0 aliphatic carbocycles. The molecule has 0 saturated carbocycles. The van der Waals surface area contributed by atoms with Crippen molar-refractivity contribution in [3.8, 4) is 0 Å². The molecule has 0 radical (unpaired) electrons. The van der Waals surface area contributed by atoms with Crippen LogP contribution in [0.25, 0.3) is 0 Å². The van der Waals surface area contributed by atoms with Crippen molar-refractivity contribution in [1.82, 2.24) is 15.1 Å². The van der Waals surface area contributed by atoms with E-state index in [9.17, 15) is 9.59 Å². The summed E-state index contributed by atoms with van der Waals surface area (Å²) in [7, 11) is 3.82. The lowest BCUT2D eigenvalue weighted by Gasteiger charge is -2.34. The van der Waals surface area contributed by atoms with Crippen LogP contribution in [0.15, 0.2) is 0 Å². The minimum atomic E-state index is -0.472. The van der Waals surface area contributed by atoms with Gasteiger partial charge >= 0.3 is 6.09 Å². The van der Waals surface area contributed by atoms with Gasteiger partial charge in [0.2, 0.25) is 5.91 Å². The normalized spacial score (nSPS) is 19.8. The summed E-state index contributed by atoms with van der Waals surface area (Å²) in [6.45, 7) is 7.70. The predicted octanol–water partition coefficient (Wildman–Crippen LogP) is 1.45. The van der Waals surface area contributed by atoms with Gasteiger partial charge in [-0.3, -0.25) is 9.69 Å². The van der Waals surface area contributed by atoms with E-state index in [0.29, 0.717) is 6.54 Å². The van der Waals surface area contributed by atoms with E-state index in [-0.39, 0.29) is 11.9 Å². The fourth-order valence-corrected chi connectivity index (χ4v) is 2.41. The van der Waals surface area contributed by atoms with Crippen molar-refractivity contribution < 1.29 is 14.3 Å². The summed E-state index contributed by atoms with van der Waals surface area (Å²) in [4.78, 5) is 27.4. The van der Waals surface area contributed by atoms with Crippen LogP contribution in [0.5, 0.6) is 0 Å². The summed E-state index contributed by atoms with van der Waals surface area (Å²) in [5.41, 5.74) is -0.472. The Bertz CT molecular complexity index is 366. The predicted molar refractivity (Wildman–Crippen MR) is 82.1 cm³/mol. The van der Waals surface area contributed by atoms with Crippen molar-refractivity contribution >= 4 is 12.0 Å². The SMILES string of the molecule is CN1CCC[C@H](N(C)CCCNC(=O)OC(C)(C)C)C1=O. The van der Waals surface area contributed by atoms with E-state index in [1.807, 2.05) is 34.9 Å². The maximum Gasteiger partial charge on any atom is 0.407 e. The lowest BCUT2D eigenvalue weighted by Crippen LogP contribution is -2.50. The summed E-state index contributed by atoms with van der Waals surface area (Å²) >= 11 is 0. The zero-order valence-electron chi connectivity index (χ0n) is 13.9. The number of amides is 2. The molecule has 1 aliphatic rings. The Labute approximate surface area is 127 Å². The summed E-state index contributed by atoms with van der Waals surface area (Å²) in [5.74, 6) is 0.198. The second-order valence-corrected chi connectivity index (χ2v) is 6.68. The minimum Gasteiger partial charge on any atom is -0.444 e. The van der Waals surface area contributed by atoms with Crippen molar-refractivity contribution in [3.05, 3.63) is 0 Å². The molecule has 0 aromatic carbocycles. The third-order valence-corrected chi connectivity index (χ3v) is 3.52. The van der Waals surface area contributed by atoms with Gasteiger partial charge in [-0.2, -0.15) is 0 Å². The van der Waals surface area contributed by atoms with E-state index in [4.69, 9.17) is 4.74 Å². The first-order valence-electron chi connectivity index (χ1n) is 7.63. The number of hydrogen-bond donors (Lipinski definition) is 1. The number of hydrogen-bond acceptors (Lipinski definition) is 4. The summed E-state index contributed by atoms with van der Waals surface area (Å²) in [5, 5.41) is 2.73. The first kappa shape index (κ1) is 17.8. The minimum absolute atomic E-state index is 0.0229. The number of carbonyl (C=O) groups excluding carboxylic acids is 2. The average Bonchev–Trinajstić information content (AvgIpc) is 2.35. The molecule has 1 fully saturated rings. The topological polar surface area (TPSA) is 61.9 Å². The van der Waals surface area contributed by atoms with Gasteiger partial charge in [-0.15, -0.1) is 0 Å². The van der Waals surface area contributed by atoms with E-state index < -0.39 is 11.7 Å². The molecular formula is C15H29N3O3. The van der Waals surface area contributed by atoms with Crippen molar-refractivity contribution in [2.45, 2.75) is 51.7 Å². The number of likely N-dealkylation sites (tertiary alicyclic amines) is 1. The smallest absolute Gasteiger partial charge is 0.407 e. The maximum absolute atomic E-state index is 12.1. The van der Waals surface area contributed by atoms with Crippen LogP contribution in [-0.4, -0.2) is 67.2 Å². The molecule has 1 atom stereocenters. The van der Waals surface area contributed by atoms with E-state index >= 15 is 0 Å². The van der Waals surface area contributed by atoms with Gasteiger partial charge in [0.1, 0.15) is 5.60 Å². The number of nitrogens with zero attached hydrogens (tertiary/aromatic N) is 2. The van der Waals surface area contributed by atoms with Gasteiger partial charge in [0, 0.05) is 26.7 Å². The van der Waals surface area contributed by atoms with Crippen LogP contribution < -0.4 is 5.32 Å². The van der Waals surface area contributed by atoms with Crippen LogP contribution in [0, 0.1) is 0 Å². The molecule has 0 aromatic rings. The Morgan fingerprint density at radius 1 is 1.48 bits per heavy atom. The summed E-state index contributed by atoms with van der Waals surface area (Å²) < 4.78 is 5.17. The second-order valence-electron chi connectivity index (χ2n) is 6.68. The van der Waals surface area contributed by atoms with E-state index in [2.05, 4.69) is 10.2 Å². The molecule has 1 aliphatic heterocycles. The van der Waals surface area contributed by atoms with Crippen LogP contribution in [0.2, 0.25) is 0 Å². The van der Waals surface area contributed by atoms with Crippen LogP contribution >= 0.6 is 0 Å². The third-order valence-electron chi connectivity index (χ3n) is 3.52. The van der Waals surface area contributed by atoms with E-state index in [1.165, 1.54) is 0 Å². The van der Waals surface area contributed by atoms with Crippen LogP contribution in [-0.2, 0) is 9.53 Å². The molecule has 122 valence electrons. The molecule has 1 saturated heterocycles. The molecule has 1 heterocycles. The molecule has 2 amide bonds. The molecule has 1 N–H and O–H groups in total. The highest BCUT2D eigenvalue weighted by atomic mass is 16.6. The van der Waals surface area contributed by atoms with Gasteiger partial charge in [-0.25, -0.2) is 4.79 Å². The fraction of sp³-hybridized carbons (Fsp3) is 0.867. The maximum atomic E-state index is 12.1. The van der Waals surface area contributed by atoms with Crippen molar-refractivity contribution in [2.75, 3.05) is 33.7 Å². The highest BCUT2D eigenvalue weighted by molar-refractivity contribution is 5.82. The van der Waals surface area contributed by atoms with E-state index in [0.717, 1.165) is 32.4 Å². The van der Waals surface area contributed by atoms with Gasteiger partial charge in [-0.1, -0.05) is 0 Å². The third kappa shape index (κ3) is 6.33. The van der Waals surface area contributed by atoms with Crippen LogP contribution in [0.1, 0.15) is 40.0 Å². The Kier molecular flexibility index (Phi) is 6.45. The highest BCUT2D eigenvalue weighted by Crippen LogP contribution is 2.15. The molecule has 21 heavy (non-hydrogen) atoms. The van der Waals surface area contributed by atoms with E-state index in [1.54, 1.807) is 4.90 Å². The van der Waals surface area contributed by atoms with Crippen LogP contribution in [0.3, 0.4) is 0 Å². The molecule has 0 spiro atoms. The number of likely N-dealkylation sites (N-methyl/N-ethyl adjacent to an activating group) is 2. The van der Waals surface area contributed by atoms with Crippen molar-refractivity contribution in [3.63, 3.8) is 0 Å². The molecule has 0 unspecified atom stereocenters. The molecule has 6 heteroatoms. The quantitative estimate of drug-likeness (QED) is 0.781. The fourth-order valence-electron chi connectivity index (χ4n) is 2.41. The summed E-state index contributed by atoms with van der Waals surface area (Å²) in [6, 6.07) is -0.0229. The van der Waals surface area contributed by atoms with Crippen LogP contribution in [0.4, 0.5) is 4.79 Å². The lowest BCUT2D eigenvalue weighted by atomic mass is 10.0. The average molecular weight is 299 g/mol. The van der Waals surface area contributed by atoms with Crippen molar-refractivity contribution in [2.24, 2.45) is 0 Å². The Morgan fingerprint density at radius 3 is 2.76 bits per heavy atom. The molecule has 1 rings (SSSR count). The number of ether oxygens (including phenoxy) is 1. The van der Waals surface area contributed by atoms with Gasteiger partial charge < -0.3 is 15.0 Å². The Balaban J connectivity index is 2.23. The van der Waals surface area contributed by atoms with Crippen molar-refractivity contribution in [1.29, 1.82) is 0 Å². The monoisotopic (exact) mass is 299 g/mol. The first-order chi connectivity index (χ1) is 9.70. The lowest BCUT2D eigenvalue weighted by molar-refractivity contribution is -0.138. The van der Waals surface area contributed by atoms with Gasteiger partial charge in [0.05, 0.1) is 6.04 Å². The highest BCUT2D eigenvalue weighted by Gasteiger charge is 2.29. The molecule has 6 nitrogen and oxygen atoms in total. The zero-order valence-corrected chi connectivity index (χ0v) is 13.9. The number of alkyl carbamates (subject to hydrolysis) is 1. The number of rotatable bonds is 5. The largest absolute Gasteiger partial charge is 0.444 e. The number of piperidine rings is 1. The van der Waals surface area contributed by atoms with Gasteiger partial charge in [0.25, 0.3) is 0 Å². The molecule has 0 bridgehead atoms. The number of carbonyl (C=O) groups is 2. The standard InChI is InChI=1S/C15H29N3O3/c1-15(2,3)21-14(20)16-9-7-11-17(4)12-8-6-10-18(5)13(12)19/h12H,6-11H2,1-5H3,(H,16,20)/t12-/m0/s1. The molecular weight excluding hydrogens is 270 g/mol. The Hall–Kier alpha value is -1.30. The Morgan fingerprint density at radius 2 is 2.14 bits per heavy atom. The summed E-state index contributed by atoms with van der Waals surface area (Å²) in [6.07, 6.45) is 2.37. The number of nitrogens with one attached hydrogen (secondary N) is 1.